The van der Waals surface area contributed by atoms with E-state index in [9.17, 15) is 9.59 Å². The van der Waals surface area contributed by atoms with Gasteiger partial charge in [0.2, 0.25) is 0 Å². The first-order chi connectivity index (χ1) is 12.1. The van der Waals surface area contributed by atoms with Crippen LogP contribution in [0.15, 0.2) is 47.3 Å². The fraction of sp³-hybridized carbons (Fsp3) is 0.176. The van der Waals surface area contributed by atoms with Gasteiger partial charge in [0.05, 0.1) is 10.6 Å². The second kappa shape index (κ2) is 7.31. The summed E-state index contributed by atoms with van der Waals surface area (Å²) in [5.41, 5.74) is 1.38. The second-order valence-corrected chi connectivity index (χ2v) is 5.62. The van der Waals surface area contributed by atoms with Gasteiger partial charge in [0.25, 0.3) is 5.91 Å². The highest BCUT2D eigenvalue weighted by molar-refractivity contribution is 6.30. The summed E-state index contributed by atoms with van der Waals surface area (Å²) in [7, 11) is 0. The lowest BCUT2D eigenvalue weighted by Gasteiger charge is -2.15. The first kappa shape index (κ1) is 16.9. The standard InChI is InChI=1S/C17H14ClN3O4/c1-2-13(16(22)21-15-6-4-11(18)8-19-15)25-17(23)10-3-5-12-14(7-10)24-9-20-12/h3-9,13H,2H2,1H3,(H,19,21,22). The zero-order chi connectivity index (χ0) is 17.8. The number of esters is 1. The van der Waals surface area contributed by atoms with Gasteiger partial charge in [-0.25, -0.2) is 14.8 Å². The fourth-order valence-corrected chi connectivity index (χ4v) is 2.27. The summed E-state index contributed by atoms with van der Waals surface area (Å²) < 4.78 is 10.5. The quantitative estimate of drug-likeness (QED) is 0.701. The first-order valence-corrected chi connectivity index (χ1v) is 7.91. The number of fused-ring (bicyclic) bond motifs is 1. The molecule has 0 spiro atoms. The van der Waals surface area contributed by atoms with Crippen LogP contribution in [0.3, 0.4) is 0 Å². The van der Waals surface area contributed by atoms with Crippen molar-refractivity contribution in [2.45, 2.75) is 19.4 Å². The molecule has 1 unspecified atom stereocenters. The van der Waals surface area contributed by atoms with Crippen LogP contribution < -0.4 is 5.32 Å². The Morgan fingerprint density at radius 2 is 2.12 bits per heavy atom. The van der Waals surface area contributed by atoms with Crippen LogP contribution in [0.1, 0.15) is 23.7 Å². The predicted molar refractivity (Wildman–Crippen MR) is 91.4 cm³/mol. The summed E-state index contributed by atoms with van der Waals surface area (Å²) in [4.78, 5) is 32.5. The Labute approximate surface area is 148 Å². The zero-order valence-electron chi connectivity index (χ0n) is 13.2. The van der Waals surface area contributed by atoms with Crippen molar-refractivity contribution in [1.29, 1.82) is 0 Å². The molecule has 1 aromatic carbocycles. The lowest BCUT2D eigenvalue weighted by Crippen LogP contribution is -2.32. The molecular formula is C17H14ClN3O4. The summed E-state index contributed by atoms with van der Waals surface area (Å²) in [5, 5.41) is 3.05. The molecule has 0 saturated carbocycles. The Bertz CT molecular complexity index is 908. The van der Waals surface area contributed by atoms with Crippen molar-refractivity contribution in [3.8, 4) is 0 Å². The molecule has 0 aliphatic carbocycles. The Hall–Kier alpha value is -2.93. The Balaban J connectivity index is 1.68. The van der Waals surface area contributed by atoms with Gasteiger partial charge in [-0.2, -0.15) is 0 Å². The molecule has 8 heteroatoms. The average Bonchev–Trinajstić information content (AvgIpc) is 3.09. The second-order valence-electron chi connectivity index (χ2n) is 5.19. The topological polar surface area (TPSA) is 94.3 Å². The largest absolute Gasteiger partial charge is 0.449 e. The van der Waals surface area contributed by atoms with Crippen molar-refractivity contribution in [3.63, 3.8) is 0 Å². The average molecular weight is 360 g/mol. The van der Waals surface area contributed by atoms with Crippen molar-refractivity contribution in [3.05, 3.63) is 53.5 Å². The number of ether oxygens (including phenoxy) is 1. The molecule has 2 heterocycles. The number of halogens is 1. The molecule has 2 aromatic heterocycles. The number of hydrogen-bond donors (Lipinski definition) is 1. The summed E-state index contributed by atoms with van der Waals surface area (Å²) in [6, 6.07) is 7.90. The number of carbonyl (C=O) groups is 2. The van der Waals surface area contributed by atoms with Crippen LogP contribution in [0.4, 0.5) is 5.82 Å². The number of carbonyl (C=O) groups excluding carboxylic acids is 2. The third-order valence-corrected chi connectivity index (χ3v) is 3.68. The van der Waals surface area contributed by atoms with Crippen LogP contribution >= 0.6 is 11.6 Å². The molecule has 0 fully saturated rings. The molecule has 0 radical (unpaired) electrons. The number of anilines is 1. The van der Waals surface area contributed by atoms with Crippen LogP contribution in [0.2, 0.25) is 5.02 Å². The van der Waals surface area contributed by atoms with Gasteiger partial charge >= 0.3 is 5.97 Å². The summed E-state index contributed by atoms with van der Waals surface area (Å²) >= 11 is 5.75. The highest BCUT2D eigenvalue weighted by Crippen LogP contribution is 2.16. The van der Waals surface area contributed by atoms with Crippen LogP contribution in [-0.2, 0) is 9.53 Å². The first-order valence-electron chi connectivity index (χ1n) is 7.53. The number of hydrogen-bond acceptors (Lipinski definition) is 6. The molecular weight excluding hydrogens is 346 g/mol. The summed E-state index contributed by atoms with van der Waals surface area (Å²) in [5.74, 6) is -0.761. The highest BCUT2D eigenvalue weighted by Gasteiger charge is 2.22. The van der Waals surface area contributed by atoms with E-state index in [1.54, 1.807) is 31.2 Å². The molecule has 0 aliphatic heterocycles. The van der Waals surface area contributed by atoms with Gasteiger partial charge in [-0.3, -0.25) is 4.79 Å². The van der Waals surface area contributed by atoms with Crippen molar-refractivity contribution in [2.24, 2.45) is 0 Å². The number of nitrogens with zero attached hydrogens (tertiary/aromatic N) is 2. The minimum Gasteiger partial charge on any atom is -0.449 e. The maximum atomic E-state index is 12.3. The number of amides is 1. The number of rotatable bonds is 5. The van der Waals surface area contributed by atoms with Crippen LogP contribution in [-0.4, -0.2) is 27.9 Å². The minimum absolute atomic E-state index is 0.278. The van der Waals surface area contributed by atoms with Gasteiger partial charge < -0.3 is 14.5 Å². The van der Waals surface area contributed by atoms with Crippen LogP contribution in [0.25, 0.3) is 11.1 Å². The van der Waals surface area contributed by atoms with Gasteiger partial charge in [-0.15, -0.1) is 0 Å². The highest BCUT2D eigenvalue weighted by atomic mass is 35.5. The third-order valence-electron chi connectivity index (χ3n) is 3.46. The van der Waals surface area contributed by atoms with E-state index in [1.165, 1.54) is 18.7 Å². The zero-order valence-corrected chi connectivity index (χ0v) is 14.0. The minimum atomic E-state index is -0.949. The van der Waals surface area contributed by atoms with Crippen molar-refractivity contribution < 1.29 is 18.7 Å². The molecule has 0 aliphatic rings. The number of oxazole rings is 1. The lowest BCUT2D eigenvalue weighted by molar-refractivity contribution is -0.124. The van der Waals surface area contributed by atoms with E-state index in [-0.39, 0.29) is 5.56 Å². The van der Waals surface area contributed by atoms with Crippen LogP contribution in [0.5, 0.6) is 0 Å². The van der Waals surface area contributed by atoms with Gasteiger partial charge in [0, 0.05) is 6.20 Å². The molecule has 3 rings (SSSR count). The molecule has 128 valence electrons. The van der Waals surface area contributed by atoms with Crippen molar-refractivity contribution in [2.75, 3.05) is 5.32 Å². The number of pyridine rings is 1. The van der Waals surface area contributed by atoms with E-state index in [1.807, 2.05) is 0 Å². The molecule has 25 heavy (non-hydrogen) atoms. The smallest absolute Gasteiger partial charge is 0.339 e. The lowest BCUT2D eigenvalue weighted by atomic mass is 10.2. The van der Waals surface area contributed by atoms with E-state index in [0.29, 0.717) is 28.4 Å². The normalized spacial score (nSPS) is 11.9. The fourth-order valence-electron chi connectivity index (χ4n) is 2.16. The summed E-state index contributed by atoms with van der Waals surface area (Å²) in [6.45, 7) is 1.74. The maximum Gasteiger partial charge on any atom is 0.339 e. The monoisotopic (exact) mass is 359 g/mol. The van der Waals surface area contributed by atoms with Gasteiger partial charge in [0.1, 0.15) is 11.3 Å². The molecule has 0 bridgehead atoms. The summed E-state index contributed by atoms with van der Waals surface area (Å²) in [6.07, 6.45) is 2.07. The third kappa shape index (κ3) is 3.95. The molecule has 0 saturated heterocycles. The van der Waals surface area contributed by atoms with Gasteiger partial charge in [-0.05, 0) is 36.8 Å². The molecule has 1 atom stereocenters. The number of aromatic nitrogens is 2. The number of benzene rings is 1. The van der Waals surface area contributed by atoms with E-state index < -0.39 is 18.0 Å². The van der Waals surface area contributed by atoms with Crippen molar-refractivity contribution in [1.82, 2.24) is 9.97 Å². The Morgan fingerprint density at radius 3 is 2.84 bits per heavy atom. The Morgan fingerprint density at radius 1 is 1.28 bits per heavy atom. The van der Waals surface area contributed by atoms with E-state index in [2.05, 4.69) is 15.3 Å². The van der Waals surface area contributed by atoms with E-state index >= 15 is 0 Å². The maximum absolute atomic E-state index is 12.3. The van der Waals surface area contributed by atoms with Gasteiger partial charge in [-0.1, -0.05) is 18.5 Å². The molecule has 7 nitrogen and oxygen atoms in total. The van der Waals surface area contributed by atoms with Crippen LogP contribution in [0, 0.1) is 0 Å². The predicted octanol–water partition coefficient (Wildman–Crippen LogP) is 3.45. The Kier molecular flexibility index (Phi) is 4.95. The number of nitrogens with one attached hydrogen (secondary N) is 1. The van der Waals surface area contributed by atoms with E-state index in [4.69, 9.17) is 20.8 Å². The molecule has 1 amide bonds. The molecule has 3 aromatic rings. The molecule has 1 N–H and O–H groups in total. The van der Waals surface area contributed by atoms with Gasteiger partial charge in [0.15, 0.2) is 18.1 Å². The SMILES string of the molecule is CCC(OC(=O)c1ccc2ncoc2c1)C(=O)Nc1ccc(Cl)cn1. The van der Waals surface area contributed by atoms with Crippen molar-refractivity contribution >= 4 is 40.4 Å². The van der Waals surface area contributed by atoms with E-state index in [0.717, 1.165) is 0 Å².